The van der Waals surface area contributed by atoms with Crippen LogP contribution in [-0.2, 0) is 13.0 Å². The third kappa shape index (κ3) is 3.65. The summed E-state index contributed by atoms with van der Waals surface area (Å²) in [5.41, 5.74) is 3.06. The van der Waals surface area contributed by atoms with Crippen LogP contribution >= 0.6 is 0 Å². The second-order valence-corrected chi connectivity index (χ2v) is 8.24. The zero-order valence-corrected chi connectivity index (χ0v) is 16.0. The molecule has 0 bridgehead atoms. The molecular formula is C22H29N5. The molecule has 2 aliphatic heterocycles. The molecular weight excluding hydrogens is 334 g/mol. The summed E-state index contributed by atoms with van der Waals surface area (Å²) < 4.78 is 0. The van der Waals surface area contributed by atoms with Gasteiger partial charge in [-0.15, -0.1) is 0 Å². The number of nitrogens with one attached hydrogen (secondary N) is 1. The van der Waals surface area contributed by atoms with Crippen LogP contribution in [0.2, 0.25) is 0 Å². The molecule has 0 radical (unpaired) electrons. The maximum Gasteiger partial charge on any atom is 0.134 e. The van der Waals surface area contributed by atoms with Crippen molar-refractivity contribution in [1.29, 1.82) is 0 Å². The van der Waals surface area contributed by atoms with Crippen molar-refractivity contribution in [1.82, 2.24) is 14.9 Å². The minimum atomic E-state index is 0.612. The SMILES string of the molecule is c1ccc2c(c1)CCN(C1CCN(c3cc(NC4CCC4)ncn3)CC1)C2. The molecule has 1 aromatic carbocycles. The molecule has 0 spiro atoms. The molecule has 3 aliphatic rings. The van der Waals surface area contributed by atoms with E-state index in [-0.39, 0.29) is 0 Å². The van der Waals surface area contributed by atoms with Gasteiger partial charge in [-0.2, -0.15) is 0 Å². The maximum absolute atomic E-state index is 4.54. The lowest BCUT2D eigenvalue weighted by atomic mass is 9.93. The Morgan fingerprint density at radius 1 is 0.926 bits per heavy atom. The van der Waals surface area contributed by atoms with Gasteiger partial charge in [0.15, 0.2) is 0 Å². The van der Waals surface area contributed by atoms with Gasteiger partial charge in [0.1, 0.15) is 18.0 Å². The maximum atomic E-state index is 4.54. The Morgan fingerprint density at radius 2 is 1.74 bits per heavy atom. The molecule has 142 valence electrons. The molecule has 2 fully saturated rings. The van der Waals surface area contributed by atoms with Crippen molar-refractivity contribution in [2.75, 3.05) is 29.9 Å². The lowest BCUT2D eigenvalue weighted by Gasteiger charge is -2.41. The van der Waals surface area contributed by atoms with Gasteiger partial charge in [-0.05, 0) is 49.7 Å². The molecule has 0 amide bonds. The van der Waals surface area contributed by atoms with Crippen molar-refractivity contribution < 1.29 is 0 Å². The predicted octanol–water partition coefficient (Wildman–Crippen LogP) is 3.47. The molecule has 5 rings (SSSR count). The number of rotatable bonds is 4. The smallest absolute Gasteiger partial charge is 0.134 e. The van der Waals surface area contributed by atoms with Crippen molar-refractivity contribution in [3.05, 3.63) is 47.8 Å². The highest BCUT2D eigenvalue weighted by Crippen LogP contribution is 2.28. The van der Waals surface area contributed by atoms with Gasteiger partial charge in [-0.1, -0.05) is 24.3 Å². The van der Waals surface area contributed by atoms with Gasteiger partial charge in [0, 0.05) is 44.3 Å². The van der Waals surface area contributed by atoms with E-state index in [0.29, 0.717) is 12.1 Å². The summed E-state index contributed by atoms with van der Waals surface area (Å²) in [7, 11) is 0. The molecule has 5 heteroatoms. The Morgan fingerprint density at radius 3 is 2.52 bits per heavy atom. The predicted molar refractivity (Wildman–Crippen MR) is 109 cm³/mol. The summed E-state index contributed by atoms with van der Waals surface area (Å²) in [6.45, 7) is 4.49. The van der Waals surface area contributed by atoms with E-state index < -0.39 is 0 Å². The summed E-state index contributed by atoms with van der Waals surface area (Å²) in [4.78, 5) is 14.1. The van der Waals surface area contributed by atoms with Crippen LogP contribution in [0.4, 0.5) is 11.6 Å². The van der Waals surface area contributed by atoms with Gasteiger partial charge in [0.25, 0.3) is 0 Å². The first-order chi connectivity index (χ1) is 13.3. The van der Waals surface area contributed by atoms with Crippen molar-refractivity contribution in [3.63, 3.8) is 0 Å². The highest BCUT2D eigenvalue weighted by molar-refractivity contribution is 5.49. The number of piperidine rings is 1. The van der Waals surface area contributed by atoms with Crippen LogP contribution in [0.1, 0.15) is 43.2 Å². The van der Waals surface area contributed by atoms with E-state index in [0.717, 1.165) is 31.3 Å². The van der Waals surface area contributed by atoms with Crippen LogP contribution in [0.25, 0.3) is 0 Å². The van der Waals surface area contributed by atoms with Crippen molar-refractivity contribution in [2.24, 2.45) is 0 Å². The minimum Gasteiger partial charge on any atom is -0.367 e. The van der Waals surface area contributed by atoms with E-state index >= 15 is 0 Å². The van der Waals surface area contributed by atoms with Gasteiger partial charge in [-0.25, -0.2) is 9.97 Å². The van der Waals surface area contributed by atoms with Crippen LogP contribution in [-0.4, -0.2) is 46.6 Å². The Kier molecular flexibility index (Phi) is 4.70. The van der Waals surface area contributed by atoms with E-state index in [1.165, 1.54) is 50.6 Å². The quantitative estimate of drug-likeness (QED) is 0.901. The number of aromatic nitrogens is 2. The fourth-order valence-electron chi connectivity index (χ4n) is 4.65. The van der Waals surface area contributed by atoms with E-state index in [1.807, 2.05) is 0 Å². The fraction of sp³-hybridized carbons (Fsp3) is 0.545. The highest BCUT2D eigenvalue weighted by Gasteiger charge is 2.28. The summed E-state index contributed by atoms with van der Waals surface area (Å²) in [6.07, 6.45) is 9.22. The van der Waals surface area contributed by atoms with Gasteiger partial charge >= 0.3 is 0 Å². The average Bonchev–Trinajstić information content (AvgIpc) is 2.71. The molecule has 0 atom stereocenters. The first kappa shape index (κ1) is 17.0. The number of nitrogens with zero attached hydrogens (tertiary/aromatic N) is 4. The molecule has 5 nitrogen and oxygen atoms in total. The topological polar surface area (TPSA) is 44.3 Å². The first-order valence-corrected chi connectivity index (χ1v) is 10.5. The number of benzene rings is 1. The van der Waals surface area contributed by atoms with E-state index in [2.05, 4.69) is 55.4 Å². The number of hydrogen-bond donors (Lipinski definition) is 1. The zero-order chi connectivity index (χ0) is 18.1. The Hall–Kier alpha value is -2.14. The molecule has 1 aromatic heterocycles. The van der Waals surface area contributed by atoms with E-state index in [1.54, 1.807) is 11.9 Å². The van der Waals surface area contributed by atoms with Gasteiger partial charge in [0.05, 0.1) is 0 Å². The van der Waals surface area contributed by atoms with Crippen molar-refractivity contribution >= 4 is 11.6 Å². The van der Waals surface area contributed by atoms with Crippen LogP contribution in [0.5, 0.6) is 0 Å². The standard InChI is InChI=1S/C22H29N5/c1-2-5-18-15-27(11-8-17(18)4-1)20-9-12-26(13-10-20)22-14-21(23-16-24-22)25-19-6-3-7-19/h1-2,4-5,14,16,19-20H,3,6-13,15H2,(H,23,24,25). The van der Waals surface area contributed by atoms with Crippen LogP contribution in [0.15, 0.2) is 36.7 Å². The van der Waals surface area contributed by atoms with Gasteiger partial charge in [-0.3, -0.25) is 4.90 Å². The molecule has 1 aliphatic carbocycles. The second-order valence-electron chi connectivity index (χ2n) is 8.24. The van der Waals surface area contributed by atoms with Gasteiger partial charge in [0.2, 0.25) is 0 Å². The summed E-state index contributed by atoms with van der Waals surface area (Å²) in [6, 6.07) is 12.4. The number of hydrogen-bond acceptors (Lipinski definition) is 5. The largest absolute Gasteiger partial charge is 0.367 e. The van der Waals surface area contributed by atoms with E-state index in [9.17, 15) is 0 Å². The molecule has 3 heterocycles. The number of anilines is 2. The van der Waals surface area contributed by atoms with Crippen molar-refractivity contribution in [3.8, 4) is 0 Å². The zero-order valence-electron chi connectivity index (χ0n) is 16.0. The molecule has 0 unspecified atom stereocenters. The van der Waals surface area contributed by atoms with Crippen LogP contribution in [0.3, 0.4) is 0 Å². The third-order valence-electron chi connectivity index (χ3n) is 6.57. The first-order valence-electron chi connectivity index (χ1n) is 10.5. The molecule has 1 N–H and O–H groups in total. The third-order valence-corrected chi connectivity index (χ3v) is 6.57. The van der Waals surface area contributed by atoms with Crippen LogP contribution < -0.4 is 10.2 Å². The second kappa shape index (κ2) is 7.47. The van der Waals surface area contributed by atoms with E-state index in [4.69, 9.17) is 0 Å². The Bertz CT molecular complexity index is 780. The van der Waals surface area contributed by atoms with Crippen molar-refractivity contribution in [2.45, 2.75) is 57.2 Å². The highest BCUT2D eigenvalue weighted by atomic mass is 15.2. The summed E-state index contributed by atoms with van der Waals surface area (Å²) >= 11 is 0. The molecule has 27 heavy (non-hydrogen) atoms. The van der Waals surface area contributed by atoms with Crippen LogP contribution in [0, 0.1) is 0 Å². The average molecular weight is 364 g/mol. The Balaban J connectivity index is 1.19. The minimum absolute atomic E-state index is 0.612. The number of fused-ring (bicyclic) bond motifs is 1. The molecule has 1 saturated carbocycles. The van der Waals surface area contributed by atoms with Gasteiger partial charge < -0.3 is 10.2 Å². The normalized spacial score (nSPS) is 21.6. The fourth-order valence-corrected chi connectivity index (χ4v) is 4.65. The summed E-state index contributed by atoms with van der Waals surface area (Å²) in [5.74, 6) is 2.06. The monoisotopic (exact) mass is 363 g/mol. The lowest BCUT2D eigenvalue weighted by molar-refractivity contribution is 0.153. The Labute approximate surface area is 161 Å². The summed E-state index contributed by atoms with van der Waals surface area (Å²) in [5, 5.41) is 3.54. The lowest BCUT2D eigenvalue weighted by Crippen LogP contribution is -2.46. The molecule has 2 aromatic rings. The molecule has 1 saturated heterocycles.